The van der Waals surface area contributed by atoms with Crippen LogP contribution in [0.5, 0.6) is 0 Å². The van der Waals surface area contributed by atoms with Gasteiger partial charge in [0.1, 0.15) is 0 Å². The molecule has 0 aliphatic carbocycles. The Morgan fingerprint density at radius 1 is 0.737 bits per heavy atom. The summed E-state index contributed by atoms with van der Waals surface area (Å²) in [5.74, 6) is -47.7. The summed E-state index contributed by atoms with van der Waals surface area (Å²) in [6.45, 7) is -0.565. The van der Waals surface area contributed by atoms with Crippen molar-refractivity contribution < 1.29 is 75.4 Å². The van der Waals surface area contributed by atoms with Gasteiger partial charge in [0.15, 0.2) is 0 Å². The van der Waals surface area contributed by atoms with Gasteiger partial charge in [0.2, 0.25) is 0 Å². The summed E-state index contributed by atoms with van der Waals surface area (Å²) in [6.07, 6.45) is -9.94. The Labute approximate surface area is 224 Å². The van der Waals surface area contributed by atoms with E-state index in [0.29, 0.717) is 4.47 Å². The number of benzene rings is 1. The summed E-state index contributed by atoms with van der Waals surface area (Å²) in [6, 6.07) is 5.51. The van der Waals surface area contributed by atoms with E-state index in [2.05, 4.69) is 15.9 Å². The third-order valence-electron chi connectivity index (χ3n) is 4.56. The summed E-state index contributed by atoms with van der Waals surface area (Å²) in [5.41, 5.74) is 0.0284. The first-order valence-corrected chi connectivity index (χ1v) is 11.3. The van der Waals surface area contributed by atoms with Crippen molar-refractivity contribution in [2.75, 3.05) is 6.61 Å². The predicted molar refractivity (Wildman–Crippen MR) is 111 cm³/mol. The maximum absolute atomic E-state index is 13.9. The van der Waals surface area contributed by atoms with Gasteiger partial charge in [-0.05, 0) is 63.3 Å². The molecule has 0 saturated carbocycles. The second-order valence-corrected chi connectivity index (χ2v) is 9.63. The second kappa shape index (κ2) is 11.2. The number of esters is 1. The smallest absolute Gasteiger partial charge is 0.460 e. The Balaban J connectivity index is 3.08. The highest BCUT2D eigenvalue weighted by molar-refractivity contribution is 14.1. The van der Waals surface area contributed by atoms with E-state index in [1.165, 1.54) is 24.3 Å². The van der Waals surface area contributed by atoms with E-state index < -0.39 is 76.8 Å². The Bertz CT molecular complexity index is 1020. The molecule has 218 valence electrons. The van der Waals surface area contributed by atoms with E-state index in [1.807, 2.05) is 0 Å². The number of carbonyl (C=O) groups excluding carboxylic acids is 1. The number of ether oxygens (including phenoxy) is 1. The first-order chi connectivity index (χ1) is 16.8. The normalized spacial score (nSPS) is 15.0. The van der Waals surface area contributed by atoms with Crippen LogP contribution < -0.4 is 0 Å². The van der Waals surface area contributed by atoms with Crippen LogP contribution in [-0.2, 0) is 4.74 Å². The molecule has 1 aromatic carbocycles. The molecule has 0 fully saturated rings. The lowest BCUT2D eigenvalue weighted by molar-refractivity contribution is -0.449. The lowest BCUT2D eigenvalue weighted by atomic mass is 9.91. The van der Waals surface area contributed by atoms with Gasteiger partial charge in [0.05, 0.1) is 12.2 Å². The molecule has 0 aliphatic rings. The lowest BCUT2D eigenvalue weighted by Crippen LogP contribution is -2.72. The lowest BCUT2D eigenvalue weighted by Gasteiger charge is -2.41. The van der Waals surface area contributed by atoms with Crippen LogP contribution in [0.2, 0.25) is 0 Å². The molecule has 0 atom stereocenters. The zero-order valence-electron chi connectivity index (χ0n) is 17.7. The van der Waals surface area contributed by atoms with Crippen molar-refractivity contribution in [3.63, 3.8) is 0 Å². The fourth-order valence-electron chi connectivity index (χ4n) is 2.41. The first-order valence-electron chi connectivity index (χ1n) is 9.41. The molecule has 0 unspecified atom stereocenters. The highest BCUT2D eigenvalue weighted by atomic mass is 127. The number of hydrogen-bond acceptors (Lipinski definition) is 2. The van der Waals surface area contributed by atoms with Crippen LogP contribution in [0.25, 0.3) is 0 Å². The van der Waals surface area contributed by atoms with E-state index in [9.17, 15) is 70.7 Å². The van der Waals surface area contributed by atoms with Crippen molar-refractivity contribution in [2.24, 2.45) is 0 Å². The SMILES string of the molecule is O=C(OCCCC(I)=CC(F)(F)C(F)(F)C(F)(F)C(F)(F)C(F)(F)C(F)(F)C(F)(F)F)c1ccc(Br)cc1. The molecular formula is C19H11BrF15IO2. The number of carbonyl (C=O) groups is 1. The van der Waals surface area contributed by atoms with Crippen molar-refractivity contribution in [1.82, 2.24) is 0 Å². The number of alkyl halides is 15. The van der Waals surface area contributed by atoms with Crippen molar-refractivity contribution >= 4 is 44.5 Å². The minimum absolute atomic E-state index is 0.0284. The van der Waals surface area contributed by atoms with E-state index in [1.54, 1.807) is 0 Å². The molecule has 0 radical (unpaired) electrons. The molecule has 0 heterocycles. The molecule has 38 heavy (non-hydrogen) atoms. The Kier molecular flexibility index (Phi) is 10.2. The predicted octanol–water partition coefficient (Wildman–Crippen LogP) is 9.08. The van der Waals surface area contributed by atoms with Crippen LogP contribution in [0.4, 0.5) is 65.9 Å². The van der Waals surface area contributed by atoms with Gasteiger partial charge in [-0.15, -0.1) is 0 Å². The van der Waals surface area contributed by atoms with Crippen LogP contribution in [0.3, 0.4) is 0 Å². The topological polar surface area (TPSA) is 26.3 Å². The molecule has 1 aromatic rings. The van der Waals surface area contributed by atoms with Gasteiger partial charge in [-0.25, -0.2) is 4.79 Å². The fraction of sp³-hybridized carbons (Fsp3) is 0.526. The maximum atomic E-state index is 13.9. The molecule has 0 amide bonds. The largest absolute Gasteiger partial charge is 0.462 e. The number of hydrogen-bond donors (Lipinski definition) is 0. The van der Waals surface area contributed by atoms with Crippen LogP contribution in [-0.4, -0.2) is 54.3 Å². The van der Waals surface area contributed by atoms with Crippen molar-refractivity contribution in [1.29, 1.82) is 0 Å². The average Bonchev–Trinajstić information content (AvgIpc) is 2.75. The van der Waals surface area contributed by atoms with Gasteiger partial charge >= 0.3 is 47.7 Å². The van der Waals surface area contributed by atoms with Crippen molar-refractivity contribution in [3.8, 4) is 0 Å². The van der Waals surface area contributed by atoms with Gasteiger partial charge in [0, 0.05) is 10.5 Å². The van der Waals surface area contributed by atoms with E-state index >= 15 is 0 Å². The molecule has 0 N–H and O–H groups in total. The van der Waals surface area contributed by atoms with Crippen LogP contribution in [0.1, 0.15) is 23.2 Å². The maximum Gasteiger partial charge on any atom is 0.460 e. The summed E-state index contributed by atoms with van der Waals surface area (Å²) in [4.78, 5) is 11.8. The molecule has 19 heteroatoms. The van der Waals surface area contributed by atoms with E-state index in [-0.39, 0.29) is 5.56 Å². The summed E-state index contributed by atoms with van der Waals surface area (Å²) in [7, 11) is 0. The Morgan fingerprint density at radius 2 is 1.16 bits per heavy atom. The van der Waals surface area contributed by atoms with Gasteiger partial charge in [0.25, 0.3) is 0 Å². The molecule has 0 spiro atoms. The summed E-state index contributed by atoms with van der Waals surface area (Å²) < 4.78 is 202. The Hall–Kier alpha value is -1.41. The summed E-state index contributed by atoms with van der Waals surface area (Å²) in [5, 5.41) is 0. The quantitative estimate of drug-likeness (QED) is 0.0974. The van der Waals surface area contributed by atoms with Crippen LogP contribution >= 0.6 is 38.5 Å². The minimum Gasteiger partial charge on any atom is -0.462 e. The van der Waals surface area contributed by atoms with Gasteiger partial charge in [-0.1, -0.05) is 15.9 Å². The number of rotatable bonds is 11. The van der Waals surface area contributed by atoms with Gasteiger partial charge in [-0.3, -0.25) is 0 Å². The van der Waals surface area contributed by atoms with Gasteiger partial charge < -0.3 is 4.74 Å². The third-order valence-corrected chi connectivity index (χ3v) is 5.94. The highest BCUT2D eigenvalue weighted by Crippen LogP contribution is 2.62. The molecule has 1 rings (SSSR count). The summed E-state index contributed by atoms with van der Waals surface area (Å²) >= 11 is 3.90. The zero-order chi connectivity index (χ0) is 30.2. The van der Waals surface area contributed by atoms with Crippen LogP contribution in [0, 0.1) is 0 Å². The minimum atomic E-state index is -8.33. The molecule has 0 aliphatic heterocycles. The number of halogens is 17. The Morgan fingerprint density at radius 3 is 1.61 bits per heavy atom. The van der Waals surface area contributed by atoms with Crippen molar-refractivity contribution in [3.05, 3.63) is 44.0 Å². The monoisotopic (exact) mass is 762 g/mol. The number of allylic oxidation sites excluding steroid dienone is 2. The second-order valence-electron chi connectivity index (χ2n) is 7.33. The third kappa shape index (κ3) is 6.32. The molecule has 0 saturated heterocycles. The fourth-order valence-corrected chi connectivity index (χ4v) is 3.45. The standard InChI is InChI=1S/C19H11BrF15IO2/c20-10-5-3-9(4-6-10)12(37)38-7-1-2-11(36)8-13(21,22)14(23,24)15(25,26)16(27,28)17(29,30)18(31,32)19(33,34)35/h3-6,8H,1-2,7H2. The highest BCUT2D eigenvalue weighted by Gasteiger charge is 2.93. The average molecular weight is 763 g/mol. The first kappa shape index (κ1) is 34.6. The zero-order valence-corrected chi connectivity index (χ0v) is 21.5. The molecule has 2 nitrogen and oxygen atoms in total. The molecular weight excluding hydrogens is 752 g/mol. The van der Waals surface area contributed by atoms with Crippen LogP contribution in [0.15, 0.2) is 38.4 Å². The molecule has 0 aromatic heterocycles. The van der Waals surface area contributed by atoms with E-state index in [4.69, 9.17) is 4.74 Å². The molecule has 0 bridgehead atoms. The van der Waals surface area contributed by atoms with Gasteiger partial charge in [-0.2, -0.15) is 65.9 Å². The van der Waals surface area contributed by atoms with Crippen molar-refractivity contribution in [2.45, 2.75) is 54.6 Å². The van der Waals surface area contributed by atoms with E-state index in [0.717, 1.165) is 22.6 Å².